The maximum Gasteiger partial charge on any atom is 0.227 e. The number of aromatic nitrogens is 1. The molecule has 0 spiro atoms. The molecule has 0 saturated carbocycles. The van der Waals surface area contributed by atoms with Crippen LogP contribution < -0.4 is 0 Å². The molecule has 3 heterocycles. The maximum absolute atomic E-state index is 14.2. The quantitative estimate of drug-likeness (QED) is 0.847. The normalized spacial score (nSPS) is 20.6. The van der Waals surface area contributed by atoms with E-state index in [2.05, 4.69) is 23.9 Å². The molecule has 0 radical (unpaired) electrons. The van der Waals surface area contributed by atoms with Crippen LogP contribution in [0.4, 0.5) is 4.39 Å². The molecule has 138 valence electrons. The van der Waals surface area contributed by atoms with E-state index in [4.69, 9.17) is 4.52 Å². The minimum Gasteiger partial charge on any atom is -0.360 e. The number of hydrogen-bond acceptors (Lipinski definition) is 4. The second-order valence-corrected chi connectivity index (χ2v) is 7.50. The molecule has 2 aromatic rings. The standard InChI is InChI=1S/C20H24FN3O2/c1-13(2)23-9-7-14(11-23)20(25)24-10-8-18-16(12-24)19(22-26-18)15-5-3-4-6-17(15)21/h3-6,13-14H,7-12H2,1-2H3/t14-/m1/s1. The minimum absolute atomic E-state index is 0.0516. The monoisotopic (exact) mass is 357 g/mol. The fourth-order valence-electron chi connectivity index (χ4n) is 3.98. The zero-order chi connectivity index (χ0) is 18.3. The maximum atomic E-state index is 14.2. The van der Waals surface area contributed by atoms with Crippen LogP contribution in [0.15, 0.2) is 28.8 Å². The first-order valence-electron chi connectivity index (χ1n) is 9.29. The molecule has 0 bridgehead atoms. The summed E-state index contributed by atoms with van der Waals surface area (Å²) in [4.78, 5) is 17.2. The number of rotatable bonds is 3. The number of amides is 1. The van der Waals surface area contributed by atoms with Crippen molar-refractivity contribution in [3.8, 4) is 11.3 Å². The molecule has 0 unspecified atom stereocenters. The summed E-state index contributed by atoms with van der Waals surface area (Å²) < 4.78 is 19.6. The highest BCUT2D eigenvalue weighted by Gasteiger charge is 2.35. The molecular weight excluding hydrogens is 333 g/mol. The van der Waals surface area contributed by atoms with Crippen LogP contribution in [0.5, 0.6) is 0 Å². The van der Waals surface area contributed by atoms with E-state index in [0.29, 0.717) is 36.8 Å². The smallest absolute Gasteiger partial charge is 0.227 e. The second kappa shape index (κ2) is 6.83. The molecule has 4 rings (SSSR count). The van der Waals surface area contributed by atoms with Crippen molar-refractivity contribution in [1.29, 1.82) is 0 Å². The van der Waals surface area contributed by atoms with Gasteiger partial charge in [-0.2, -0.15) is 0 Å². The fraction of sp³-hybridized carbons (Fsp3) is 0.500. The molecule has 2 aliphatic heterocycles. The average Bonchev–Trinajstić information content (AvgIpc) is 3.28. The van der Waals surface area contributed by atoms with Crippen molar-refractivity contribution in [1.82, 2.24) is 15.0 Å². The highest BCUT2D eigenvalue weighted by molar-refractivity contribution is 5.80. The summed E-state index contributed by atoms with van der Waals surface area (Å²) in [5.41, 5.74) is 1.79. The summed E-state index contributed by atoms with van der Waals surface area (Å²) in [5.74, 6) is 0.688. The Bertz CT molecular complexity index is 817. The zero-order valence-electron chi connectivity index (χ0n) is 15.2. The lowest BCUT2D eigenvalue weighted by molar-refractivity contribution is -0.136. The molecular formula is C20H24FN3O2. The number of nitrogens with zero attached hydrogens (tertiary/aromatic N) is 3. The lowest BCUT2D eigenvalue weighted by atomic mass is 9.99. The average molecular weight is 357 g/mol. The van der Waals surface area contributed by atoms with Gasteiger partial charge in [0.1, 0.15) is 17.3 Å². The first-order chi connectivity index (χ1) is 12.5. The molecule has 1 fully saturated rings. The summed E-state index contributed by atoms with van der Waals surface area (Å²) in [7, 11) is 0. The van der Waals surface area contributed by atoms with Crippen LogP contribution in [0.25, 0.3) is 11.3 Å². The Labute approximate surface area is 152 Å². The van der Waals surface area contributed by atoms with Gasteiger partial charge in [0.2, 0.25) is 5.91 Å². The number of fused-ring (bicyclic) bond motifs is 1. The van der Waals surface area contributed by atoms with E-state index in [-0.39, 0.29) is 17.6 Å². The third-order valence-electron chi connectivity index (χ3n) is 5.57. The predicted molar refractivity (Wildman–Crippen MR) is 95.8 cm³/mol. The molecule has 26 heavy (non-hydrogen) atoms. The molecule has 0 N–H and O–H groups in total. The van der Waals surface area contributed by atoms with Crippen molar-refractivity contribution in [2.75, 3.05) is 19.6 Å². The third-order valence-corrected chi connectivity index (χ3v) is 5.57. The molecule has 2 aliphatic rings. The highest BCUT2D eigenvalue weighted by Crippen LogP contribution is 2.32. The molecule has 1 saturated heterocycles. The van der Waals surface area contributed by atoms with Gasteiger partial charge in [0.15, 0.2) is 0 Å². The van der Waals surface area contributed by atoms with E-state index < -0.39 is 0 Å². The second-order valence-electron chi connectivity index (χ2n) is 7.50. The van der Waals surface area contributed by atoms with Gasteiger partial charge in [0, 0.05) is 36.7 Å². The van der Waals surface area contributed by atoms with Gasteiger partial charge in [-0.15, -0.1) is 0 Å². The third kappa shape index (κ3) is 3.03. The summed E-state index contributed by atoms with van der Waals surface area (Å²) in [6.45, 7) is 7.20. The number of benzene rings is 1. The SMILES string of the molecule is CC(C)N1CC[C@@H](C(=O)N2CCc3onc(-c4ccccc4F)c3C2)C1. The number of carbonyl (C=O) groups excluding carboxylic acids is 1. The van der Waals surface area contributed by atoms with E-state index in [1.54, 1.807) is 18.2 Å². The zero-order valence-corrected chi connectivity index (χ0v) is 15.2. The fourth-order valence-corrected chi connectivity index (χ4v) is 3.98. The van der Waals surface area contributed by atoms with Crippen molar-refractivity contribution >= 4 is 5.91 Å². The summed E-state index contributed by atoms with van der Waals surface area (Å²) >= 11 is 0. The molecule has 5 nitrogen and oxygen atoms in total. The molecule has 1 atom stereocenters. The number of hydrogen-bond donors (Lipinski definition) is 0. The molecule has 0 aliphatic carbocycles. The van der Waals surface area contributed by atoms with Gasteiger partial charge in [-0.25, -0.2) is 4.39 Å². The lowest BCUT2D eigenvalue weighted by Gasteiger charge is -2.29. The van der Waals surface area contributed by atoms with Crippen LogP contribution >= 0.6 is 0 Å². The predicted octanol–water partition coefficient (Wildman–Crippen LogP) is 3.10. The highest BCUT2D eigenvalue weighted by atomic mass is 19.1. The van der Waals surface area contributed by atoms with Crippen molar-refractivity contribution in [3.63, 3.8) is 0 Å². The summed E-state index contributed by atoms with van der Waals surface area (Å²) in [5, 5.41) is 4.09. The van der Waals surface area contributed by atoms with Gasteiger partial charge in [0.25, 0.3) is 0 Å². The van der Waals surface area contributed by atoms with Crippen molar-refractivity contribution in [3.05, 3.63) is 41.4 Å². The van der Waals surface area contributed by atoms with Gasteiger partial charge in [-0.1, -0.05) is 17.3 Å². The van der Waals surface area contributed by atoms with Crippen LogP contribution in [-0.2, 0) is 17.8 Å². The van der Waals surface area contributed by atoms with Crippen LogP contribution in [0, 0.1) is 11.7 Å². The van der Waals surface area contributed by atoms with Gasteiger partial charge in [-0.3, -0.25) is 4.79 Å². The van der Waals surface area contributed by atoms with Gasteiger partial charge >= 0.3 is 0 Å². The Kier molecular flexibility index (Phi) is 4.53. The van der Waals surface area contributed by atoms with Gasteiger partial charge in [-0.05, 0) is 38.9 Å². The molecule has 1 amide bonds. The Morgan fingerprint density at radius 1 is 1.31 bits per heavy atom. The van der Waals surface area contributed by atoms with Crippen LogP contribution in [0.2, 0.25) is 0 Å². The first kappa shape index (κ1) is 17.2. The topological polar surface area (TPSA) is 49.6 Å². The van der Waals surface area contributed by atoms with Crippen LogP contribution in [0.3, 0.4) is 0 Å². The van der Waals surface area contributed by atoms with E-state index in [1.165, 1.54) is 6.07 Å². The lowest BCUT2D eigenvalue weighted by Crippen LogP contribution is -2.41. The van der Waals surface area contributed by atoms with E-state index in [1.807, 2.05) is 4.90 Å². The van der Waals surface area contributed by atoms with E-state index in [9.17, 15) is 9.18 Å². The Hall–Kier alpha value is -2.21. The molecule has 1 aromatic heterocycles. The van der Waals surface area contributed by atoms with Crippen molar-refractivity contribution < 1.29 is 13.7 Å². The van der Waals surface area contributed by atoms with Crippen LogP contribution in [0.1, 0.15) is 31.6 Å². The Balaban J connectivity index is 1.54. The van der Waals surface area contributed by atoms with Gasteiger partial charge < -0.3 is 14.3 Å². The Morgan fingerprint density at radius 2 is 2.12 bits per heavy atom. The largest absolute Gasteiger partial charge is 0.360 e. The van der Waals surface area contributed by atoms with E-state index >= 15 is 0 Å². The van der Waals surface area contributed by atoms with Crippen LogP contribution in [-0.4, -0.2) is 46.5 Å². The summed E-state index contributed by atoms with van der Waals surface area (Å²) in [6, 6.07) is 7.02. The number of carbonyl (C=O) groups is 1. The first-order valence-corrected chi connectivity index (χ1v) is 9.29. The van der Waals surface area contributed by atoms with Crippen molar-refractivity contribution in [2.24, 2.45) is 5.92 Å². The van der Waals surface area contributed by atoms with E-state index in [0.717, 1.165) is 30.8 Å². The summed E-state index contributed by atoms with van der Waals surface area (Å²) in [6.07, 6.45) is 1.54. The van der Waals surface area contributed by atoms with Crippen molar-refractivity contribution in [2.45, 2.75) is 39.3 Å². The van der Waals surface area contributed by atoms with Gasteiger partial charge in [0.05, 0.1) is 12.5 Å². The molecule has 1 aromatic carbocycles. The number of halogens is 1. The number of likely N-dealkylation sites (tertiary alicyclic amines) is 1. The Morgan fingerprint density at radius 3 is 2.85 bits per heavy atom. The molecule has 6 heteroatoms. The minimum atomic E-state index is -0.324.